The van der Waals surface area contributed by atoms with E-state index in [0.717, 1.165) is 43.7 Å². The van der Waals surface area contributed by atoms with Gasteiger partial charge in [0.15, 0.2) is 0 Å². The lowest BCUT2D eigenvalue weighted by Gasteiger charge is -2.33. The smallest absolute Gasteiger partial charge is 0.0726 e. The Kier molecular flexibility index (Phi) is 21.4. The topological polar surface area (TPSA) is 29.3 Å². The first-order chi connectivity index (χ1) is 66.5. The third-order valence-corrected chi connectivity index (χ3v) is 31.0. The Morgan fingerprint density at radius 1 is 0.199 bits per heavy atom. The van der Waals surface area contributed by atoms with Crippen molar-refractivity contribution in [2.75, 3.05) is 10.6 Å². The SMILES string of the molecule is Brc1ccc2c(c1)C1(c3ccccc3-c3ccccc31)c1ccccc1-2.CC1(C)c2ccccc2-c2ccc(Br)cc21.CC1(C)c2ccccc2-c2ccc(Cc3ccccc3-c3ccccc3)cc21.CC1(C)c2ccccc2-c2ccc(N(c3ccc4c(c3)C3(c5ccccc5-c5ccccc53)c3ccccc3-4)c3ccccc3-c3ccccc3)cc21.Nc1ccccc1-c1ccccc1. The molecule has 136 heavy (non-hydrogen) atoms. The van der Waals surface area contributed by atoms with Crippen molar-refractivity contribution in [3.05, 3.63) is 571 Å². The van der Waals surface area contributed by atoms with Crippen LogP contribution >= 0.6 is 31.9 Å². The van der Waals surface area contributed by atoms with E-state index >= 15 is 0 Å². The van der Waals surface area contributed by atoms with E-state index in [2.05, 4.69) is 509 Å². The summed E-state index contributed by atoms with van der Waals surface area (Å²) in [6.07, 6.45) is 0.949. The van der Waals surface area contributed by atoms with Crippen molar-refractivity contribution in [2.24, 2.45) is 0 Å². The van der Waals surface area contributed by atoms with Gasteiger partial charge in [-0.3, -0.25) is 0 Å². The van der Waals surface area contributed by atoms with Crippen molar-refractivity contribution in [1.82, 2.24) is 0 Å². The molecule has 7 aliphatic carbocycles. The summed E-state index contributed by atoms with van der Waals surface area (Å²) in [4.78, 5) is 2.51. The van der Waals surface area contributed by atoms with E-state index in [4.69, 9.17) is 5.73 Å². The van der Waals surface area contributed by atoms with E-state index in [1.165, 1.54) is 195 Å². The van der Waals surface area contributed by atoms with Crippen molar-refractivity contribution in [1.29, 1.82) is 0 Å². The number of halogens is 2. The molecule has 0 aromatic heterocycles. The van der Waals surface area contributed by atoms with Gasteiger partial charge < -0.3 is 10.6 Å². The number of nitrogens with zero attached hydrogens (tertiary/aromatic N) is 1. The number of hydrogen-bond donors (Lipinski definition) is 1. The molecule has 20 aromatic carbocycles. The summed E-state index contributed by atoms with van der Waals surface area (Å²) >= 11 is 7.28. The minimum atomic E-state index is -0.415. The quantitative estimate of drug-likeness (QED) is 0.154. The number of hydrogen-bond acceptors (Lipinski definition) is 2. The van der Waals surface area contributed by atoms with Crippen LogP contribution in [0.15, 0.2) is 482 Å². The minimum absolute atomic E-state index is 0.0564. The first-order valence-corrected chi connectivity index (χ1v) is 49.0. The predicted octanol–water partition coefficient (Wildman–Crippen LogP) is 35.2. The van der Waals surface area contributed by atoms with Gasteiger partial charge in [0.1, 0.15) is 0 Å². The Hall–Kier alpha value is -15.0. The van der Waals surface area contributed by atoms with Crippen molar-refractivity contribution < 1.29 is 0 Å². The highest BCUT2D eigenvalue weighted by Gasteiger charge is 2.54. The first-order valence-electron chi connectivity index (χ1n) is 47.4. The lowest BCUT2D eigenvalue weighted by Crippen LogP contribution is -2.26. The van der Waals surface area contributed by atoms with Crippen LogP contribution in [0.5, 0.6) is 0 Å². The Morgan fingerprint density at radius 2 is 0.449 bits per heavy atom. The van der Waals surface area contributed by atoms with E-state index in [-0.39, 0.29) is 21.7 Å². The lowest BCUT2D eigenvalue weighted by atomic mass is 9.70. The maximum atomic E-state index is 5.85. The van der Waals surface area contributed by atoms with Crippen molar-refractivity contribution in [2.45, 2.75) is 75.0 Å². The number of anilines is 4. The molecule has 0 saturated heterocycles. The third-order valence-electron chi connectivity index (χ3n) is 30.0. The average molecular weight is 1870 g/mol. The molecule has 0 amide bonds. The Morgan fingerprint density at radius 3 is 0.846 bits per heavy atom. The van der Waals surface area contributed by atoms with Crippen LogP contribution in [-0.2, 0) is 33.5 Å². The third kappa shape index (κ3) is 13.8. The van der Waals surface area contributed by atoms with Crippen molar-refractivity contribution in [3.8, 4) is 111 Å². The van der Waals surface area contributed by atoms with E-state index in [0.29, 0.717) is 0 Å². The number of para-hydroxylation sites is 2. The molecule has 2 N–H and O–H groups in total. The van der Waals surface area contributed by atoms with Gasteiger partial charge in [-0.25, -0.2) is 0 Å². The van der Waals surface area contributed by atoms with E-state index in [9.17, 15) is 0 Å². The summed E-state index contributed by atoms with van der Waals surface area (Å²) in [5.74, 6) is 0. The van der Waals surface area contributed by atoms with Gasteiger partial charge in [0.25, 0.3) is 0 Å². The molecule has 0 atom stereocenters. The standard InChI is InChI=1S/C52H37N.C28H24.C25H15Br.C15H13Br.C12H11N/c1-51(2)44-23-11-6-19-38(44)42-30-28-35(32-48(42)51)53(50-27-15-10-18-37(50)34-16-4-3-5-17-34)36-29-31-43-41-22-9-14-26-47(41)52(49(43)33-36)45-24-12-7-20-39(45)40-21-8-13-25-46(40)52;1-28(2)26-15-9-8-14-24(26)25-17-16-20(19-27(25)28)18-22-12-6-7-13-23(22)21-10-4-3-5-11-21;26-16-13-14-20-19-9-3-6-12-23(19)25(24(20)15-16)21-10-4-1-7-17(21)18-8-2-5-11-22(18)25;1-15(2)13-6-4-3-5-11(13)12-8-7-10(16)9-14(12)15;13-12-9-5-4-8-11(12)10-6-2-1-3-7-10/h3-33H,1-2H3;3-17,19H,18H2,1-2H3;1-15H;3-9H,1-2H3;1-9H,13H2. The summed E-state index contributed by atoms with van der Waals surface area (Å²) in [5, 5.41) is 0. The number of fused-ring (bicyclic) bond motifs is 29. The Labute approximate surface area is 816 Å². The fraction of sp³-hybridized carbons (Fsp3) is 0.0909. The second-order valence-corrected chi connectivity index (χ2v) is 40.2. The molecule has 20 aromatic rings. The molecule has 0 aliphatic heterocycles. The zero-order valence-corrected chi connectivity index (χ0v) is 80.2. The minimum Gasteiger partial charge on any atom is -0.398 e. The van der Waals surface area contributed by atoms with Crippen LogP contribution in [0.1, 0.15) is 131 Å². The van der Waals surface area contributed by atoms with Gasteiger partial charge in [-0.15, -0.1) is 0 Å². The number of nitrogen functional groups attached to an aromatic ring is 1. The van der Waals surface area contributed by atoms with Gasteiger partial charge in [0, 0.05) is 53.4 Å². The van der Waals surface area contributed by atoms with E-state index in [1.807, 2.05) is 42.5 Å². The zero-order valence-electron chi connectivity index (χ0n) is 77.0. The maximum Gasteiger partial charge on any atom is 0.0726 e. The molecular formula is C132H100Br2N2. The highest BCUT2D eigenvalue weighted by atomic mass is 79.9. The highest BCUT2D eigenvalue weighted by Crippen LogP contribution is 2.66. The molecule has 4 heteroatoms. The molecule has 27 rings (SSSR count). The Balaban J connectivity index is 0.000000105. The fourth-order valence-electron chi connectivity index (χ4n) is 23.8. The van der Waals surface area contributed by atoms with Gasteiger partial charge in [-0.2, -0.15) is 0 Å². The second kappa shape index (κ2) is 34.1. The largest absolute Gasteiger partial charge is 0.398 e. The molecule has 2 spiro atoms. The van der Waals surface area contributed by atoms with Crippen molar-refractivity contribution >= 4 is 54.6 Å². The second-order valence-electron chi connectivity index (χ2n) is 38.4. The average Bonchev–Trinajstić information content (AvgIpc) is 1.51. The highest BCUT2D eigenvalue weighted by molar-refractivity contribution is 9.10. The predicted molar refractivity (Wildman–Crippen MR) is 578 cm³/mol. The Bertz CT molecular complexity index is 7970. The lowest BCUT2D eigenvalue weighted by molar-refractivity contribution is 0.659. The van der Waals surface area contributed by atoms with Crippen LogP contribution in [0.2, 0.25) is 0 Å². The summed E-state index contributed by atoms with van der Waals surface area (Å²) < 4.78 is 2.29. The summed E-state index contributed by atoms with van der Waals surface area (Å²) in [6, 6.07) is 172. The molecule has 2 nitrogen and oxygen atoms in total. The molecule has 0 bridgehead atoms. The van der Waals surface area contributed by atoms with Gasteiger partial charge in [-0.05, 0) is 256 Å². The molecule has 0 heterocycles. The van der Waals surface area contributed by atoms with Crippen LogP contribution in [0.4, 0.5) is 22.7 Å². The van der Waals surface area contributed by atoms with Crippen LogP contribution in [0.3, 0.4) is 0 Å². The molecule has 0 saturated carbocycles. The number of nitrogens with two attached hydrogens (primary N) is 1. The van der Waals surface area contributed by atoms with E-state index < -0.39 is 5.41 Å². The van der Waals surface area contributed by atoms with Gasteiger partial charge in [0.05, 0.1) is 16.5 Å². The maximum absolute atomic E-state index is 5.85. The first kappa shape index (κ1) is 85.2. The number of benzene rings is 20. The molecule has 652 valence electrons. The normalized spacial score (nSPS) is 14.1. The summed E-state index contributed by atoms with van der Waals surface area (Å²) in [7, 11) is 0. The molecule has 0 radical (unpaired) electrons. The van der Waals surface area contributed by atoms with Gasteiger partial charge >= 0.3 is 0 Å². The monoisotopic (exact) mass is 1870 g/mol. The van der Waals surface area contributed by atoms with Crippen molar-refractivity contribution in [3.63, 3.8) is 0 Å². The van der Waals surface area contributed by atoms with Crippen LogP contribution < -0.4 is 10.6 Å². The van der Waals surface area contributed by atoms with Gasteiger partial charge in [0.2, 0.25) is 0 Å². The fourth-order valence-corrected chi connectivity index (χ4v) is 24.5. The molecule has 7 aliphatic rings. The van der Waals surface area contributed by atoms with Crippen LogP contribution in [0.25, 0.3) is 111 Å². The van der Waals surface area contributed by atoms with Crippen LogP contribution in [-0.4, -0.2) is 0 Å². The van der Waals surface area contributed by atoms with Crippen LogP contribution in [0, 0.1) is 0 Å². The zero-order chi connectivity index (χ0) is 92.2. The summed E-state index contributed by atoms with van der Waals surface area (Å²) in [5.41, 5.74) is 57.9. The van der Waals surface area contributed by atoms with E-state index in [1.54, 1.807) is 0 Å². The van der Waals surface area contributed by atoms with Gasteiger partial charge in [-0.1, -0.05) is 486 Å². The number of rotatable bonds is 8. The molecule has 0 fully saturated rings. The summed E-state index contributed by atoms with van der Waals surface area (Å²) in [6.45, 7) is 14.0. The molecule has 0 unspecified atom stereocenters. The molecular weight excluding hydrogens is 1770 g/mol.